The largest absolute Gasteiger partial charge is 0.298 e. The number of fused-ring (bicyclic) bond motifs is 1. The molecule has 36 heavy (non-hydrogen) atoms. The monoisotopic (exact) mass is 488 g/mol. The van der Waals surface area contributed by atoms with E-state index in [4.69, 9.17) is 4.98 Å². The van der Waals surface area contributed by atoms with Crippen molar-refractivity contribution in [1.82, 2.24) is 30.3 Å². The Morgan fingerprint density at radius 1 is 0.889 bits per heavy atom. The van der Waals surface area contributed by atoms with E-state index in [1.807, 2.05) is 18.2 Å². The zero-order chi connectivity index (χ0) is 24.6. The van der Waals surface area contributed by atoms with Crippen molar-refractivity contribution in [2.45, 2.75) is 25.3 Å². The van der Waals surface area contributed by atoms with Crippen LogP contribution < -0.4 is 0 Å². The van der Waals surface area contributed by atoms with Crippen LogP contribution in [0.1, 0.15) is 30.1 Å². The molecule has 1 atom stereocenters. The molecule has 0 radical (unpaired) electrons. The van der Waals surface area contributed by atoms with Crippen molar-refractivity contribution in [2.75, 3.05) is 13.1 Å². The highest BCUT2D eigenvalue weighted by Gasteiger charge is 2.26. The highest BCUT2D eigenvalue weighted by molar-refractivity contribution is 5.95. The molecule has 0 amide bonds. The number of rotatable bonds is 5. The van der Waals surface area contributed by atoms with E-state index in [2.05, 4.69) is 25.3 Å². The third-order valence-electron chi connectivity index (χ3n) is 6.78. The average Bonchev–Trinajstić information content (AvgIpc) is 3.55. The van der Waals surface area contributed by atoms with Crippen molar-refractivity contribution in [1.29, 1.82) is 0 Å². The fraction of sp³-hybridized carbons (Fsp3) is 0.222. The summed E-state index contributed by atoms with van der Waals surface area (Å²) in [5.41, 5.74) is 3.32. The third kappa shape index (κ3) is 4.26. The Morgan fingerprint density at radius 2 is 1.67 bits per heavy atom. The first-order valence-electron chi connectivity index (χ1n) is 11.9. The molecule has 5 aromatic rings. The number of aromatic amines is 2. The summed E-state index contributed by atoms with van der Waals surface area (Å²) in [6, 6.07) is 16.0. The van der Waals surface area contributed by atoms with Gasteiger partial charge in [-0.1, -0.05) is 6.07 Å². The summed E-state index contributed by atoms with van der Waals surface area (Å²) in [6.07, 6.45) is 1.82. The predicted molar refractivity (Wildman–Crippen MR) is 130 cm³/mol. The second-order valence-electron chi connectivity index (χ2n) is 9.16. The third-order valence-corrected chi connectivity index (χ3v) is 6.78. The van der Waals surface area contributed by atoms with Gasteiger partial charge < -0.3 is 0 Å². The number of aromatic nitrogens is 5. The molecule has 0 spiro atoms. The van der Waals surface area contributed by atoms with Crippen LogP contribution in [0, 0.1) is 17.5 Å². The van der Waals surface area contributed by atoms with Gasteiger partial charge in [0.15, 0.2) is 5.82 Å². The average molecular weight is 489 g/mol. The zero-order valence-electron chi connectivity index (χ0n) is 19.3. The Balaban J connectivity index is 1.23. The molecule has 3 heterocycles. The quantitative estimate of drug-likeness (QED) is 0.327. The van der Waals surface area contributed by atoms with E-state index in [0.29, 0.717) is 12.4 Å². The van der Waals surface area contributed by atoms with Gasteiger partial charge in [-0.05, 0) is 74.0 Å². The molecule has 0 bridgehead atoms. The predicted octanol–water partition coefficient (Wildman–Crippen LogP) is 5.81. The molecule has 0 aliphatic carbocycles. The summed E-state index contributed by atoms with van der Waals surface area (Å²) in [7, 11) is 0. The fourth-order valence-corrected chi connectivity index (χ4v) is 4.90. The van der Waals surface area contributed by atoms with E-state index in [-0.39, 0.29) is 23.8 Å². The van der Waals surface area contributed by atoms with Crippen molar-refractivity contribution < 1.29 is 13.2 Å². The standard InChI is InChI=1S/C27H23F3N6/c28-19-9-6-16(7-10-19)25-20-13-17(8-11-24(20)32-33-25)26-31-27(35-34-26)18-3-2-12-36(14-18)15-21-22(29)4-1-5-23(21)30/h1,4-11,13,18H,2-3,12,14-15H2,(H,32,33)(H,31,34,35)/t18-/m1/s1. The van der Waals surface area contributed by atoms with Gasteiger partial charge in [0, 0.05) is 41.1 Å². The molecule has 3 aromatic carbocycles. The minimum Gasteiger partial charge on any atom is -0.298 e. The summed E-state index contributed by atoms with van der Waals surface area (Å²) in [5.74, 6) is 0.0720. The molecule has 9 heteroatoms. The van der Waals surface area contributed by atoms with E-state index >= 15 is 0 Å². The number of hydrogen-bond donors (Lipinski definition) is 2. The van der Waals surface area contributed by atoms with Gasteiger partial charge in [0.05, 0.1) is 11.2 Å². The minimum atomic E-state index is -0.520. The van der Waals surface area contributed by atoms with E-state index in [1.165, 1.54) is 30.3 Å². The summed E-state index contributed by atoms with van der Waals surface area (Å²) in [4.78, 5) is 6.82. The second-order valence-corrected chi connectivity index (χ2v) is 9.16. The Labute approximate surface area is 205 Å². The van der Waals surface area contributed by atoms with Gasteiger partial charge in [0.1, 0.15) is 23.3 Å². The summed E-state index contributed by atoms with van der Waals surface area (Å²) in [6.45, 7) is 1.63. The van der Waals surface area contributed by atoms with E-state index in [9.17, 15) is 13.2 Å². The lowest BCUT2D eigenvalue weighted by Gasteiger charge is -2.31. The van der Waals surface area contributed by atoms with Crippen molar-refractivity contribution >= 4 is 10.9 Å². The van der Waals surface area contributed by atoms with E-state index in [1.54, 1.807) is 12.1 Å². The lowest BCUT2D eigenvalue weighted by molar-refractivity contribution is 0.192. The summed E-state index contributed by atoms with van der Waals surface area (Å²) in [5, 5.41) is 15.8. The van der Waals surface area contributed by atoms with Gasteiger partial charge in [-0.2, -0.15) is 10.2 Å². The van der Waals surface area contributed by atoms with Crippen LogP contribution in [0.25, 0.3) is 33.5 Å². The van der Waals surface area contributed by atoms with Crippen molar-refractivity contribution in [2.24, 2.45) is 0 Å². The Kier molecular flexibility index (Phi) is 5.77. The van der Waals surface area contributed by atoms with Crippen LogP contribution >= 0.6 is 0 Å². The van der Waals surface area contributed by atoms with Crippen LogP contribution in [-0.4, -0.2) is 43.4 Å². The van der Waals surface area contributed by atoms with Gasteiger partial charge in [0.25, 0.3) is 0 Å². The van der Waals surface area contributed by atoms with Crippen LogP contribution in [0.2, 0.25) is 0 Å². The van der Waals surface area contributed by atoms with Crippen LogP contribution in [0.3, 0.4) is 0 Å². The number of likely N-dealkylation sites (tertiary alicyclic amines) is 1. The molecule has 0 unspecified atom stereocenters. The molecular formula is C27H23F3N6. The molecule has 6 nitrogen and oxygen atoms in total. The van der Waals surface area contributed by atoms with Crippen molar-refractivity contribution in [3.05, 3.63) is 89.5 Å². The first kappa shape index (κ1) is 22.5. The molecule has 182 valence electrons. The number of nitrogens with one attached hydrogen (secondary N) is 2. The number of hydrogen-bond acceptors (Lipinski definition) is 4. The Bertz CT molecular complexity index is 1500. The number of nitrogens with zero attached hydrogens (tertiary/aromatic N) is 4. The number of piperidine rings is 1. The number of benzene rings is 3. The van der Waals surface area contributed by atoms with Gasteiger partial charge in [-0.3, -0.25) is 15.1 Å². The van der Waals surface area contributed by atoms with Gasteiger partial charge in [-0.25, -0.2) is 18.2 Å². The molecule has 1 aliphatic heterocycles. The number of halogens is 3. The number of H-pyrrole nitrogens is 2. The van der Waals surface area contributed by atoms with E-state index < -0.39 is 11.6 Å². The Morgan fingerprint density at radius 3 is 2.47 bits per heavy atom. The first-order valence-corrected chi connectivity index (χ1v) is 11.9. The Hall–Kier alpha value is -3.98. The molecule has 0 saturated carbocycles. The molecule has 2 aromatic heterocycles. The fourth-order valence-electron chi connectivity index (χ4n) is 4.90. The zero-order valence-corrected chi connectivity index (χ0v) is 19.3. The molecule has 1 saturated heterocycles. The molecule has 1 aliphatic rings. The summed E-state index contributed by atoms with van der Waals surface area (Å²) >= 11 is 0. The van der Waals surface area contributed by atoms with E-state index in [0.717, 1.165) is 52.9 Å². The van der Waals surface area contributed by atoms with Gasteiger partial charge in [0.2, 0.25) is 0 Å². The topological polar surface area (TPSA) is 73.5 Å². The van der Waals surface area contributed by atoms with Crippen LogP contribution in [0.15, 0.2) is 60.7 Å². The lowest BCUT2D eigenvalue weighted by atomic mass is 9.97. The normalized spacial score (nSPS) is 16.6. The minimum absolute atomic E-state index is 0.0854. The van der Waals surface area contributed by atoms with Crippen LogP contribution in [0.4, 0.5) is 13.2 Å². The molecule has 1 fully saturated rings. The smallest absolute Gasteiger partial charge is 0.181 e. The second kappa shape index (κ2) is 9.23. The highest BCUT2D eigenvalue weighted by Crippen LogP contribution is 2.31. The maximum Gasteiger partial charge on any atom is 0.181 e. The van der Waals surface area contributed by atoms with Gasteiger partial charge >= 0.3 is 0 Å². The van der Waals surface area contributed by atoms with Gasteiger partial charge in [-0.15, -0.1) is 0 Å². The van der Waals surface area contributed by atoms with Crippen LogP contribution in [0.5, 0.6) is 0 Å². The molecule has 6 rings (SSSR count). The van der Waals surface area contributed by atoms with Crippen LogP contribution in [-0.2, 0) is 6.54 Å². The highest BCUT2D eigenvalue weighted by atomic mass is 19.1. The SMILES string of the molecule is Fc1ccc(-c2n[nH]c3ccc(-c4n[nH]c([C@@H]5CCCN(Cc6c(F)cccc6F)C5)n4)cc23)cc1. The lowest BCUT2D eigenvalue weighted by Crippen LogP contribution is -2.34. The summed E-state index contributed by atoms with van der Waals surface area (Å²) < 4.78 is 41.6. The maximum absolute atomic E-state index is 14.1. The van der Waals surface area contributed by atoms with Crippen molar-refractivity contribution in [3.63, 3.8) is 0 Å². The molecular weight excluding hydrogens is 465 g/mol. The maximum atomic E-state index is 14.1. The van der Waals surface area contributed by atoms with Crippen molar-refractivity contribution in [3.8, 4) is 22.6 Å². The molecule has 2 N–H and O–H groups in total. The first-order chi connectivity index (χ1) is 17.5.